The van der Waals surface area contributed by atoms with Gasteiger partial charge in [-0.25, -0.2) is 9.59 Å². The van der Waals surface area contributed by atoms with Crippen molar-refractivity contribution in [1.29, 1.82) is 0 Å². The van der Waals surface area contributed by atoms with Crippen LogP contribution in [0.4, 0.5) is 0 Å². The summed E-state index contributed by atoms with van der Waals surface area (Å²) >= 11 is 0. The van der Waals surface area contributed by atoms with Gasteiger partial charge in [-0.2, -0.15) is 0 Å². The Bertz CT molecular complexity index is 915. The Hall–Kier alpha value is -2.83. The minimum atomic E-state index is -1.10. The second-order valence-electron chi connectivity index (χ2n) is 6.84. The smallest absolute Gasteiger partial charge is 0.336 e. The number of hydrogen-bond donors (Lipinski definition) is 2. The fraction of sp³-hybridized carbons (Fsp3) is 0.450. The number of carbonyl (C=O) groups excluding carboxylic acids is 1. The quantitative estimate of drug-likeness (QED) is 0.721. The Morgan fingerprint density at radius 2 is 1.93 bits per heavy atom. The predicted molar refractivity (Wildman–Crippen MR) is 101 cm³/mol. The molecule has 2 rings (SSSR count). The monoisotopic (exact) mass is 375 g/mol. The molecular weight excluding hydrogens is 350 g/mol. The van der Waals surface area contributed by atoms with E-state index in [0.717, 1.165) is 10.9 Å². The Balaban J connectivity index is 2.27. The molecule has 0 aliphatic rings. The van der Waals surface area contributed by atoms with Gasteiger partial charge >= 0.3 is 11.6 Å². The van der Waals surface area contributed by atoms with Gasteiger partial charge in [-0.3, -0.25) is 4.79 Å². The topological polar surface area (TPSA) is 106 Å². The lowest BCUT2D eigenvalue weighted by molar-refractivity contribution is -0.144. The van der Waals surface area contributed by atoms with Gasteiger partial charge in [-0.15, -0.1) is 0 Å². The van der Waals surface area contributed by atoms with E-state index in [1.165, 1.54) is 13.0 Å². The molecule has 2 aromatic rings. The van der Waals surface area contributed by atoms with Crippen molar-refractivity contribution in [2.75, 3.05) is 0 Å². The molecule has 1 amide bonds. The average molecular weight is 375 g/mol. The number of carboxylic acids is 1. The van der Waals surface area contributed by atoms with Crippen LogP contribution < -0.4 is 15.7 Å². The third-order valence-electron chi connectivity index (χ3n) is 4.48. The van der Waals surface area contributed by atoms with E-state index < -0.39 is 29.6 Å². The molecule has 1 aromatic carbocycles. The molecule has 0 radical (unpaired) electrons. The van der Waals surface area contributed by atoms with Crippen LogP contribution in [0.5, 0.6) is 5.75 Å². The lowest BCUT2D eigenvalue weighted by Gasteiger charge is -2.22. The molecule has 146 valence electrons. The van der Waals surface area contributed by atoms with E-state index in [1.807, 2.05) is 6.92 Å². The molecule has 0 spiro atoms. The SMILES string of the molecule is CCc1cc(=O)oc2c(C)c(OC(C)C(=O)N[C@@H](C(=O)O)C(C)C)ccc12. The van der Waals surface area contributed by atoms with Gasteiger partial charge in [-0.05, 0) is 43.9 Å². The van der Waals surface area contributed by atoms with Gasteiger partial charge in [0.15, 0.2) is 6.10 Å². The van der Waals surface area contributed by atoms with Crippen LogP contribution in [0.2, 0.25) is 0 Å². The highest BCUT2D eigenvalue weighted by Gasteiger charge is 2.27. The van der Waals surface area contributed by atoms with E-state index in [0.29, 0.717) is 23.3 Å². The van der Waals surface area contributed by atoms with Crippen molar-refractivity contribution in [1.82, 2.24) is 5.32 Å². The van der Waals surface area contributed by atoms with Crippen molar-refractivity contribution >= 4 is 22.8 Å². The summed E-state index contributed by atoms with van der Waals surface area (Å²) in [6.07, 6.45) is -0.227. The number of aliphatic carboxylic acids is 1. The fourth-order valence-electron chi connectivity index (χ4n) is 2.86. The molecule has 7 nitrogen and oxygen atoms in total. The molecule has 1 aromatic heterocycles. The molecule has 2 atom stereocenters. The third-order valence-corrected chi connectivity index (χ3v) is 4.48. The van der Waals surface area contributed by atoms with Crippen LogP contribution in [0.3, 0.4) is 0 Å². The molecular formula is C20H25NO6. The maximum Gasteiger partial charge on any atom is 0.336 e. The summed E-state index contributed by atoms with van der Waals surface area (Å²) in [5, 5.41) is 12.5. The first kappa shape index (κ1) is 20.5. The van der Waals surface area contributed by atoms with Gasteiger partial charge < -0.3 is 19.6 Å². The zero-order chi connectivity index (χ0) is 20.3. The van der Waals surface area contributed by atoms with Crippen LogP contribution in [-0.4, -0.2) is 29.1 Å². The number of hydrogen-bond acceptors (Lipinski definition) is 5. The molecule has 1 heterocycles. The largest absolute Gasteiger partial charge is 0.480 e. The number of carboxylic acid groups (broad SMARTS) is 1. The van der Waals surface area contributed by atoms with Gasteiger partial charge in [-0.1, -0.05) is 20.8 Å². The highest BCUT2D eigenvalue weighted by Crippen LogP contribution is 2.29. The maximum atomic E-state index is 12.3. The number of carbonyl (C=O) groups is 2. The molecule has 1 unspecified atom stereocenters. The van der Waals surface area contributed by atoms with Crippen molar-refractivity contribution in [3.8, 4) is 5.75 Å². The van der Waals surface area contributed by atoms with E-state index >= 15 is 0 Å². The highest BCUT2D eigenvalue weighted by molar-refractivity contribution is 5.87. The van der Waals surface area contributed by atoms with Crippen molar-refractivity contribution in [3.63, 3.8) is 0 Å². The maximum absolute atomic E-state index is 12.3. The van der Waals surface area contributed by atoms with Gasteiger partial charge in [0.2, 0.25) is 0 Å². The van der Waals surface area contributed by atoms with Crippen molar-refractivity contribution in [3.05, 3.63) is 39.7 Å². The summed E-state index contributed by atoms with van der Waals surface area (Å²) in [5.74, 6) is -1.48. The van der Waals surface area contributed by atoms with Crippen LogP contribution in [0, 0.1) is 12.8 Å². The van der Waals surface area contributed by atoms with Gasteiger partial charge in [0, 0.05) is 17.0 Å². The van der Waals surface area contributed by atoms with Crippen LogP contribution in [0.15, 0.2) is 27.4 Å². The summed E-state index contributed by atoms with van der Waals surface area (Å²) < 4.78 is 11.1. The number of benzene rings is 1. The first-order chi connectivity index (χ1) is 12.6. The molecule has 0 aliphatic heterocycles. The van der Waals surface area contributed by atoms with Crippen molar-refractivity contribution < 1.29 is 23.8 Å². The second-order valence-corrected chi connectivity index (χ2v) is 6.84. The van der Waals surface area contributed by atoms with Gasteiger partial charge in [0.1, 0.15) is 17.4 Å². The minimum Gasteiger partial charge on any atom is -0.480 e. The number of amides is 1. The Morgan fingerprint density at radius 3 is 2.48 bits per heavy atom. The number of nitrogens with one attached hydrogen (secondary N) is 1. The Morgan fingerprint density at radius 1 is 1.26 bits per heavy atom. The summed E-state index contributed by atoms with van der Waals surface area (Å²) in [4.78, 5) is 35.4. The minimum absolute atomic E-state index is 0.261. The number of rotatable bonds is 7. The lowest BCUT2D eigenvalue weighted by Crippen LogP contribution is -2.48. The molecule has 2 N–H and O–H groups in total. The van der Waals surface area contributed by atoms with E-state index in [9.17, 15) is 19.5 Å². The predicted octanol–water partition coefficient (Wildman–Crippen LogP) is 2.66. The summed E-state index contributed by atoms with van der Waals surface area (Å²) in [6, 6.07) is 3.98. The molecule has 0 saturated heterocycles. The normalized spacial score (nSPS) is 13.4. The zero-order valence-corrected chi connectivity index (χ0v) is 16.2. The van der Waals surface area contributed by atoms with Crippen molar-refractivity contribution in [2.24, 2.45) is 5.92 Å². The molecule has 27 heavy (non-hydrogen) atoms. The summed E-state index contributed by atoms with van der Waals surface area (Å²) in [6.45, 7) is 8.67. The highest BCUT2D eigenvalue weighted by atomic mass is 16.5. The molecule has 0 saturated carbocycles. The summed E-state index contributed by atoms with van der Waals surface area (Å²) in [5.41, 5.74) is 1.47. The molecule has 0 aliphatic carbocycles. The third kappa shape index (κ3) is 4.48. The van der Waals surface area contributed by atoms with E-state index in [4.69, 9.17) is 9.15 Å². The van der Waals surface area contributed by atoms with Crippen LogP contribution >= 0.6 is 0 Å². The molecule has 0 fully saturated rings. The number of aryl methyl sites for hydroxylation is 2. The number of fused-ring (bicyclic) bond motifs is 1. The van der Waals surface area contributed by atoms with Crippen molar-refractivity contribution in [2.45, 2.75) is 53.2 Å². The second kappa shape index (κ2) is 8.24. The average Bonchev–Trinajstić information content (AvgIpc) is 2.60. The zero-order valence-electron chi connectivity index (χ0n) is 16.2. The van der Waals surface area contributed by atoms with E-state index in [-0.39, 0.29) is 5.92 Å². The molecule has 0 bridgehead atoms. The Labute approximate surface area is 157 Å². The Kier molecular flexibility index (Phi) is 6.25. The summed E-state index contributed by atoms with van der Waals surface area (Å²) in [7, 11) is 0. The van der Waals surface area contributed by atoms with Crippen LogP contribution in [-0.2, 0) is 16.0 Å². The number of ether oxygens (including phenoxy) is 1. The first-order valence-electron chi connectivity index (χ1n) is 8.91. The van der Waals surface area contributed by atoms with Gasteiger partial charge in [0.05, 0.1) is 0 Å². The first-order valence-corrected chi connectivity index (χ1v) is 8.91. The van der Waals surface area contributed by atoms with Crippen LogP contribution in [0.1, 0.15) is 38.8 Å². The van der Waals surface area contributed by atoms with Crippen LogP contribution in [0.25, 0.3) is 11.0 Å². The molecule has 7 heteroatoms. The van der Waals surface area contributed by atoms with E-state index in [2.05, 4.69) is 5.32 Å². The standard InChI is InChI=1S/C20H25NO6/c1-6-13-9-16(22)27-18-11(4)15(8-7-14(13)18)26-12(5)19(23)21-17(10(2)3)20(24)25/h7-10,12,17H,6H2,1-5H3,(H,21,23)(H,24,25)/t12?,17-/m1/s1. The fourth-order valence-corrected chi connectivity index (χ4v) is 2.86. The lowest BCUT2D eigenvalue weighted by atomic mass is 10.0. The van der Waals surface area contributed by atoms with Gasteiger partial charge in [0.25, 0.3) is 5.91 Å². The van der Waals surface area contributed by atoms with E-state index in [1.54, 1.807) is 32.9 Å².